The summed E-state index contributed by atoms with van der Waals surface area (Å²) in [6.07, 6.45) is 11.0. The largest absolute Gasteiger partial charge is 0.481 e. The molecule has 1 amide bonds. The molecule has 0 spiro atoms. The standard InChI is InChI=1S/C24H39NO5S/c1-17(2)8-6-9-18(3)10-7-11-19(4)14-15-31-16-21(24(29)30)25-22(26)13-12-20(5)23(27)28/h8,10,14,20-21H,6-7,9,11-13,15-16H2,1-5H3,(H,25,26)(H,27,28)(H,29,30)/b18-10+,19-14+/t20-,21-/m0/s1. The van der Waals surface area contributed by atoms with E-state index in [0.29, 0.717) is 5.75 Å². The summed E-state index contributed by atoms with van der Waals surface area (Å²) in [7, 11) is 0. The Morgan fingerprint density at radius 3 is 2.00 bits per heavy atom. The van der Waals surface area contributed by atoms with E-state index in [1.54, 1.807) is 0 Å². The van der Waals surface area contributed by atoms with Crippen LogP contribution >= 0.6 is 11.8 Å². The number of hydrogen-bond acceptors (Lipinski definition) is 4. The van der Waals surface area contributed by atoms with Crippen LogP contribution in [0, 0.1) is 5.92 Å². The fourth-order valence-electron chi connectivity index (χ4n) is 2.64. The van der Waals surface area contributed by atoms with Crippen molar-refractivity contribution in [3.8, 4) is 0 Å². The number of thioether (sulfide) groups is 1. The van der Waals surface area contributed by atoms with Crippen molar-refractivity contribution in [2.45, 2.75) is 79.2 Å². The van der Waals surface area contributed by atoms with Gasteiger partial charge in [-0.3, -0.25) is 9.59 Å². The highest BCUT2D eigenvalue weighted by molar-refractivity contribution is 7.99. The maximum absolute atomic E-state index is 11.9. The molecule has 0 saturated heterocycles. The quantitative estimate of drug-likeness (QED) is 0.219. The number of amides is 1. The molecule has 0 aliphatic carbocycles. The van der Waals surface area contributed by atoms with E-state index >= 15 is 0 Å². The van der Waals surface area contributed by atoms with Crippen LogP contribution in [0.25, 0.3) is 0 Å². The predicted octanol–water partition coefficient (Wildman–Crippen LogP) is 5.21. The summed E-state index contributed by atoms with van der Waals surface area (Å²) in [5.74, 6) is -2.16. The minimum Gasteiger partial charge on any atom is -0.481 e. The molecule has 0 aromatic heterocycles. The van der Waals surface area contributed by atoms with Crippen LogP contribution in [0.3, 0.4) is 0 Å². The molecule has 7 heteroatoms. The minimum absolute atomic E-state index is 0.00218. The van der Waals surface area contributed by atoms with Crippen LogP contribution in [0.1, 0.15) is 73.1 Å². The van der Waals surface area contributed by atoms with Gasteiger partial charge in [0, 0.05) is 17.9 Å². The molecule has 0 fully saturated rings. The molecule has 0 aromatic carbocycles. The Labute approximate surface area is 191 Å². The molecule has 0 saturated carbocycles. The van der Waals surface area contributed by atoms with Gasteiger partial charge in [0.15, 0.2) is 0 Å². The Balaban J connectivity index is 4.26. The number of carbonyl (C=O) groups excluding carboxylic acids is 1. The number of hydrogen-bond donors (Lipinski definition) is 3. The lowest BCUT2D eigenvalue weighted by Gasteiger charge is -2.14. The average molecular weight is 454 g/mol. The first-order valence-electron chi connectivity index (χ1n) is 10.8. The van der Waals surface area contributed by atoms with Gasteiger partial charge in [0.25, 0.3) is 0 Å². The minimum atomic E-state index is -1.08. The molecule has 0 heterocycles. The molecule has 0 aliphatic heterocycles. The van der Waals surface area contributed by atoms with Crippen LogP contribution < -0.4 is 5.32 Å². The van der Waals surface area contributed by atoms with Crippen LogP contribution in [-0.2, 0) is 14.4 Å². The van der Waals surface area contributed by atoms with E-state index in [4.69, 9.17) is 5.11 Å². The molecule has 2 atom stereocenters. The summed E-state index contributed by atoms with van der Waals surface area (Å²) < 4.78 is 0. The maximum atomic E-state index is 11.9. The fourth-order valence-corrected chi connectivity index (χ4v) is 3.64. The van der Waals surface area contributed by atoms with Crippen LogP contribution in [0.4, 0.5) is 0 Å². The summed E-state index contributed by atoms with van der Waals surface area (Å²) in [5, 5.41) is 20.6. The molecule has 0 unspecified atom stereocenters. The molecular formula is C24H39NO5S. The second-order valence-corrected chi connectivity index (χ2v) is 9.31. The Morgan fingerprint density at radius 1 is 0.871 bits per heavy atom. The summed E-state index contributed by atoms with van der Waals surface area (Å²) in [6.45, 7) is 9.99. The van der Waals surface area contributed by atoms with Crippen LogP contribution in [0.2, 0.25) is 0 Å². The van der Waals surface area contributed by atoms with Crippen molar-refractivity contribution in [1.82, 2.24) is 5.32 Å². The van der Waals surface area contributed by atoms with Gasteiger partial charge in [0.1, 0.15) is 6.04 Å². The molecule has 3 N–H and O–H groups in total. The Hall–Kier alpha value is -2.02. The summed E-state index contributed by atoms with van der Waals surface area (Å²) in [6, 6.07) is -0.974. The van der Waals surface area contributed by atoms with Gasteiger partial charge in [0.2, 0.25) is 5.91 Å². The van der Waals surface area contributed by atoms with E-state index in [1.165, 1.54) is 35.4 Å². The number of carbonyl (C=O) groups is 3. The first kappa shape index (κ1) is 29.0. The van der Waals surface area contributed by atoms with Gasteiger partial charge in [-0.25, -0.2) is 4.79 Å². The lowest BCUT2D eigenvalue weighted by molar-refractivity contribution is -0.143. The van der Waals surface area contributed by atoms with E-state index in [0.717, 1.165) is 25.7 Å². The number of nitrogens with one attached hydrogen (secondary N) is 1. The van der Waals surface area contributed by atoms with Crippen LogP contribution in [-0.4, -0.2) is 45.6 Å². The zero-order chi connectivity index (χ0) is 23.8. The van der Waals surface area contributed by atoms with Gasteiger partial charge in [-0.15, -0.1) is 0 Å². The average Bonchev–Trinajstić information content (AvgIpc) is 2.67. The van der Waals surface area contributed by atoms with Crippen molar-refractivity contribution in [3.05, 3.63) is 34.9 Å². The van der Waals surface area contributed by atoms with Crippen LogP contribution in [0.15, 0.2) is 34.9 Å². The molecule has 0 aliphatic rings. The lowest BCUT2D eigenvalue weighted by atomic mass is 10.1. The number of carboxylic acid groups (broad SMARTS) is 2. The topological polar surface area (TPSA) is 104 Å². The molecule has 0 aromatic rings. The van der Waals surface area contributed by atoms with Crippen molar-refractivity contribution >= 4 is 29.6 Å². The second-order valence-electron chi connectivity index (χ2n) is 8.23. The molecule has 176 valence electrons. The number of aliphatic carboxylic acids is 2. The van der Waals surface area contributed by atoms with E-state index in [-0.39, 0.29) is 18.6 Å². The van der Waals surface area contributed by atoms with Crippen molar-refractivity contribution in [2.75, 3.05) is 11.5 Å². The first-order chi connectivity index (χ1) is 14.5. The van der Waals surface area contributed by atoms with Gasteiger partial charge in [-0.2, -0.15) is 11.8 Å². The van der Waals surface area contributed by atoms with Gasteiger partial charge in [-0.05, 0) is 59.8 Å². The molecule has 0 rings (SSSR count). The van der Waals surface area contributed by atoms with Crippen LogP contribution in [0.5, 0.6) is 0 Å². The summed E-state index contributed by atoms with van der Waals surface area (Å²) in [5.41, 5.74) is 4.01. The first-order valence-corrected chi connectivity index (χ1v) is 12.0. The van der Waals surface area contributed by atoms with E-state index < -0.39 is 29.8 Å². The van der Waals surface area contributed by atoms with Gasteiger partial charge in [-0.1, -0.05) is 41.9 Å². The van der Waals surface area contributed by atoms with Crippen molar-refractivity contribution in [2.24, 2.45) is 5.92 Å². The zero-order valence-electron chi connectivity index (χ0n) is 19.6. The molecule has 6 nitrogen and oxygen atoms in total. The van der Waals surface area contributed by atoms with E-state index in [2.05, 4.69) is 51.2 Å². The summed E-state index contributed by atoms with van der Waals surface area (Å²) >= 11 is 1.45. The third-order valence-electron chi connectivity index (χ3n) is 4.82. The van der Waals surface area contributed by atoms with Gasteiger partial charge in [0.05, 0.1) is 5.92 Å². The molecule has 0 radical (unpaired) electrons. The highest BCUT2D eigenvalue weighted by Gasteiger charge is 2.20. The smallest absolute Gasteiger partial charge is 0.327 e. The monoisotopic (exact) mass is 453 g/mol. The SMILES string of the molecule is CC(C)=CCC/C(C)=C/CC/C(C)=C/CSC[C@H](NC(=O)CC[C@H](C)C(=O)O)C(=O)O. The highest BCUT2D eigenvalue weighted by Crippen LogP contribution is 2.13. The van der Waals surface area contributed by atoms with E-state index in [9.17, 15) is 19.5 Å². The normalized spacial score (nSPS) is 14.0. The summed E-state index contributed by atoms with van der Waals surface area (Å²) in [4.78, 5) is 34.1. The fraction of sp³-hybridized carbons (Fsp3) is 0.625. The zero-order valence-corrected chi connectivity index (χ0v) is 20.4. The molecular weight excluding hydrogens is 414 g/mol. The van der Waals surface area contributed by atoms with Crippen molar-refractivity contribution in [1.29, 1.82) is 0 Å². The van der Waals surface area contributed by atoms with E-state index in [1.807, 2.05) is 0 Å². The van der Waals surface area contributed by atoms with Gasteiger partial charge < -0.3 is 15.5 Å². The third-order valence-corrected chi connectivity index (χ3v) is 5.79. The lowest BCUT2D eigenvalue weighted by Crippen LogP contribution is -2.42. The Kier molecular flexibility index (Phi) is 15.6. The Morgan fingerprint density at radius 2 is 1.45 bits per heavy atom. The van der Waals surface area contributed by atoms with Crippen molar-refractivity contribution < 1.29 is 24.6 Å². The predicted molar refractivity (Wildman–Crippen MR) is 128 cm³/mol. The molecule has 31 heavy (non-hydrogen) atoms. The third kappa shape index (κ3) is 16.4. The number of rotatable bonds is 16. The van der Waals surface area contributed by atoms with Gasteiger partial charge >= 0.3 is 11.9 Å². The molecule has 0 bridgehead atoms. The van der Waals surface area contributed by atoms with Crippen molar-refractivity contribution in [3.63, 3.8) is 0 Å². The second kappa shape index (κ2) is 16.6. The number of carboxylic acids is 2. The Bertz CT molecular complexity index is 677. The maximum Gasteiger partial charge on any atom is 0.327 e. The number of allylic oxidation sites excluding steroid dienone is 5. The highest BCUT2D eigenvalue weighted by atomic mass is 32.2.